The minimum atomic E-state index is -3.31. The predicted molar refractivity (Wildman–Crippen MR) is 65.1 cm³/mol. The average Bonchev–Trinajstić information content (AvgIpc) is 2.70. The second-order valence-electron chi connectivity index (χ2n) is 4.49. The Balaban J connectivity index is 2.56. The largest absolute Gasteiger partial charge is 0.382 e. The standard InChI is InChI=1S/C9H14BrN3O3S/c1-13-7(8(10)11-12-13)9(14)5-3-4-6(9)17(2,15)16/h6,14H,3-5H2,1-2H3. The van der Waals surface area contributed by atoms with Crippen molar-refractivity contribution in [3.05, 3.63) is 10.3 Å². The van der Waals surface area contributed by atoms with Gasteiger partial charge >= 0.3 is 0 Å². The van der Waals surface area contributed by atoms with Gasteiger partial charge in [-0.1, -0.05) is 5.21 Å². The van der Waals surface area contributed by atoms with Crippen molar-refractivity contribution in [1.29, 1.82) is 0 Å². The highest BCUT2D eigenvalue weighted by atomic mass is 79.9. The van der Waals surface area contributed by atoms with E-state index < -0.39 is 20.7 Å². The number of hydrogen-bond donors (Lipinski definition) is 1. The van der Waals surface area contributed by atoms with Gasteiger partial charge in [0, 0.05) is 13.3 Å². The van der Waals surface area contributed by atoms with Gasteiger partial charge in [0.05, 0.1) is 5.25 Å². The molecule has 6 nitrogen and oxygen atoms in total. The van der Waals surface area contributed by atoms with E-state index in [-0.39, 0.29) is 0 Å². The molecule has 1 saturated carbocycles. The Kier molecular flexibility index (Phi) is 3.07. The van der Waals surface area contributed by atoms with Gasteiger partial charge in [-0.05, 0) is 35.2 Å². The van der Waals surface area contributed by atoms with Crippen molar-refractivity contribution < 1.29 is 13.5 Å². The third-order valence-electron chi connectivity index (χ3n) is 3.27. The second-order valence-corrected chi connectivity index (χ2v) is 7.47. The Morgan fingerprint density at radius 3 is 2.71 bits per heavy atom. The molecular weight excluding hydrogens is 310 g/mol. The van der Waals surface area contributed by atoms with Crippen LogP contribution in [0.4, 0.5) is 0 Å². The Bertz CT molecular complexity index is 522. The zero-order valence-corrected chi connectivity index (χ0v) is 12.0. The van der Waals surface area contributed by atoms with Gasteiger partial charge < -0.3 is 5.11 Å². The Labute approximate surface area is 108 Å². The number of halogens is 1. The first-order valence-electron chi connectivity index (χ1n) is 5.23. The maximum atomic E-state index is 11.7. The van der Waals surface area contributed by atoms with Crippen LogP contribution < -0.4 is 0 Å². The van der Waals surface area contributed by atoms with Gasteiger partial charge in [0.2, 0.25) is 0 Å². The smallest absolute Gasteiger partial charge is 0.154 e. The zero-order chi connectivity index (χ0) is 12.8. The van der Waals surface area contributed by atoms with Gasteiger partial charge in [-0.3, -0.25) is 0 Å². The summed E-state index contributed by atoms with van der Waals surface area (Å²) >= 11 is 3.21. The van der Waals surface area contributed by atoms with E-state index in [1.165, 1.54) is 4.68 Å². The van der Waals surface area contributed by atoms with Crippen LogP contribution in [0.3, 0.4) is 0 Å². The fourth-order valence-corrected chi connectivity index (χ4v) is 4.79. The summed E-state index contributed by atoms with van der Waals surface area (Å²) in [5.74, 6) is 0. The number of nitrogens with zero attached hydrogens (tertiary/aromatic N) is 3. The van der Waals surface area contributed by atoms with E-state index in [0.717, 1.165) is 6.26 Å². The molecule has 96 valence electrons. The van der Waals surface area contributed by atoms with Crippen molar-refractivity contribution in [3.63, 3.8) is 0 Å². The molecular formula is C9H14BrN3O3S. The first-order chi connectivity index (χ1) is 7.77. The van der Waals surface area contributed by atoms with E-state index >= 15 is 0 Å². The fraction of sp³-hybridized carbons (Fsp3) is 0.778. The molecule has 1 aromatic heterocycles. The Morgan fingerprint density at radius 2 is 2.24 bits per heavy atom. The molecule has 2 atom stereocenters. The summed E-state index contributed by atoms with van der Waals surface area (Å²) in [4.78, 5) is 0. The lowest BCUT2D eigenvalue weighted by atomic mass is 9.98. The van der Waals surface area contributed by atoms with Crippen LogP contribution in [0.25, 0.3) is 0 Å². The van der Waals surface area contributed by atoms with E-state index in [1.807, 2.05) is 0 Å². The quantitative estimate of drug-likeness (QED) is 0.849. The van der Waals surface area contributed by atoms with Gasteiger partial charge in [0.15, 0.2) is 14.4 Å². The van der Waals surface area contributed by atoms with Gasteiger partial charge in [-0.2, -0.15) is 0 Å². The zero-order valence-electron chi connectivity index (χ0n) is 9.59. The topological polar surface area (TPSA) is 85.1 Å². The summed E-state index contributed by atoms with van der Waals surface area (Å²) in [6.07, 6.45) is 2.70. The minimum Gasteiger partial charge on any atom is -0.382 e. The molecule has 0 aromatic carbocycles. The summed E-state index contributed by atoms with van der Waals surface area (Å²) in [5, 5.41) is 17.5. The maximum Gasteiger partial charge on any atom is 0.154 e. The lowest BCUT2D eigenvalue weighted by Crippen LogP contribution is -2.41. The van der Waals surface area contributed by atoms with Crippen molar-refractivity contribution in [3.8, 4) is 0 Å². The summed E-state index contributed by atoms with van der Waals surface area (Å²) in [5.41, 5.74) is -0.963. The van der Waals surface area contributed by atoms with Crippen LogP contribution in [0.15, 0.2) is 4.60 Å². The molecule has 0 radical (unpaired) electrons. The number of sulfone groups is 1. The van der Waals surface area contributed by atoms with Crippen LogP contribution in [0, 0.1) is 0 Å². The van der Waals surface area contributed by atoms with Gasteiger partial charge in [0.25, 0.3) is 0 Å². The summed E-state index contributed by atoms with van der Waals surface area (Å²) in [6.45, 7) is 0. The lowest BCUT2D eigenvalue weighted by Gasteiger charge is -2.28. The molecule has 1 fully saturated rings. The number of hydrogen-bond acceptors (Lipinski definition) is 5. The molecule has 2 rings (SSSR count). The molecule has 0 aliphatic heterocycles. The van der Waals surface area contributed by atoms with Crippen LogP contribution in [0.2, 0.25) is 0 Å². The number of aliphatic hydroxyl groups is 1. The SMILES string of the molecule is Cn1nnc(Br)c1C1(O)CCCC1S(C)(=O)=O. The Morgan fingerprint density at radius 1 is 1.59 bits per heavy atom. The molecule has 0 saturated heterocycles. The van der Waals surface area contributed by atoms with E-state index in [0.29, 0.717) is 29.6 Å². The number of rotatable bonds is 2. The highest BCUT2D eigenvalue weighted by Gasteiger charge is 2.51. The van der Waals surface area contributed by atoms with Gasteiger partial charge in [0.1, 0.15) is 11.3 Å². The monoisotopic (exact) mass is 323 g/mol. The summed E-state index contributed by atoms with van der Waals surface area (Å²) < 4.78 is 25.3. The molecule has 0 spiro atoms. The van der Waals surface area contributed by atoms with Crippen LogP contribution in [-0.2, 0) is 22.5 Å². The highest BCUT2D eigenvalue weighted by molar-refractivity contribution is 9.10. The third-order valence-corrected chi connectivity index (χ3v) is 5.46. The molecule has 2 unspecified atom stereocenters. The van der Waals surface area contributed by atoms with Gasteiger partial charge in [-0.15, -0.1) is 5.10 Å². The van der Waals surface area contributed by atoms with E-state index in [1.54, 1.807) is 7.05 Å². The van der Waals surface area contributed by atoms with Crippen molar-refractivity contribution >= 4 is 25.8 Å². The van der Waals surface area contributed by atoms with Gasteiger partial charge in [-0.25, -0.2) is 13.1 Å². The number of aromatic nitrogens is 3. The molecule has 17 heavy (non-hydrogen) atoms. The molecule has 1 aromatic rings. The van der Waals surface area contributed by atoms with Crippen molar-refractivity contribution in [1.82, 2.24) is 15.0 Å². The lowest BCUT2D eigenvalue weighted by molar-refractivity contribution is 0.0385. The molecule has 0 amide bonds. The molecule has 0 bridgehead atoms. The van der Waals surface area contributed by atoms with Crippen LogP contribution in [-0.4, -0.2) is 40.0 Å². The molecule has 1 heterocycles. The molecule has 8 heteroatoms. The molecule has 1 aliphatic carbocycles. The Hall–Kier alpha value is -0.470. The third kappa shape index (κ3) is 2.02. The normalized spacial score (nSPS) is 29.8. The maximum absolute atomic E-state index is 11.7. The van der Waals surface area contributed by atoms with E-state index in [2.05, 4.69) is 26.2 Å². The van der Waals surface area contributed by atoms with Crippen molar-refractivity contribution in [2.75, 3.05) is 6.26 Å². The van der Waals surface area contributed by atoms with Crippen LogP contribution in [0.1, 0.15) is 25.0 Å². The fourth-order valence-electron chi connectivity index (χ4n) is 2.59. The first kappa shape index (κ1) is 13.0. The second kappa shape index (κ2) is 4.03. The van der Waals surface area contributed by atoms with Crippen LogP contribution >= 0.6 is 15.9 Å². The van der Waals surface area contributed by atoms with E-state index in [9.17, 15) is 13.5 Å². The molecule has 1 aliphatic rings. The van der Waals surface area contributed by atoms with E-state index in [4.69, 9.17) is 0 Å². The van der Waals surface area contributed by atoms with Crippen molar-refractivity contribution in [2.24, 2.45) is 7.05 Å². The average molecular weight is 324 g/mol. The predicted octanol–water partition coefficient (Wildman–Crippen LogP) is 0.362. The summed E-state index contributed by atoms with van der Waals surface area (Å²) in [6, 6.07) is 0. The minimum absolute atomic E-state index is 0.401. The highest BCUT2D eigenvalue weighted by Crippen LogP contribution is 2.44. The summed E-state index contributed by atoms with van der Waals surface area (Å²) in [7, 11) is -1.67. The van der Waals surface area contributed by atoms with Crippen LogP contribution in [0.5, 0.6) is 0 Å². The first-order valence-corrected chi connectivity index (χ1v) is 7.98. The molecule has 1 N–H and O–H groups in total. The van der Waals surface area contributed by atoms with Crippen molar-refractivity contribution in [2.45, 2.75) is 30.1 Å². The number of aryl methyl sites for hydroxylation is 1.